The second-order valence-electron chi connectivity index (χ2n) is 8.29. The minimum atomic E-state index is -0.545. The Balaban J connectivity index is 0.000000200. The molecule has 5 aromatic carbocycles. The van der Waals surface area contributed by atoms with Crippen LogP contribution in [-0.4, -0.2) is 13.3 Å². The molecular weight excluding hydrogens is 577 g/mol. The molecular formula is C34H35P2Pd+. The van der Waals surface area contributed by atoms with E-state index in [4.69, 9.17) is 6.58 Å². The van der Waals surface area contributed by atoms with Crippen LogP contribution in [0.3, 0.4) is 0 Å². The van der Waals surface area contributed by atoms with Gasteiger partial charge in [-0.1, -0.05) is 91.0 Å². The van der Waals surface area contributed by atoms with Crippen LogP contribution in [0.15, 0.2) is 152 Å². The standard InChI is InChI=1S/2C13H13P.C8H7.Pd/c2*1-14(12-8-4-2-5-9-12)13-10-6-3-7-11-13;1-2-8-6-4-3-5-7-8;/h2*2-11H,1H3;1-7H;/q;;-1;/p+2. The van der Waals surface area contributed by atoms with Crippen molar-refractivity contribution in [3.8, 4) is 0 Å². The molecule has 37 heavy (non-hydrogen) atoms. The van der Waals surface area contributed by atoms with Crippen molar-refractivity contribution in [3.63, 3.8) is 0 Å². The first-order valence-corrected chi connectivity index (χ1v) is 16.2. The van der Waals surface area contributed by atoms with E-state index in [2.05, 4.69) is 135 Å². The molecule has 0 unspecified atom stereocenters. The Kier molecular flexibility index (Phi) is 14.7. The first-order chi connectivity index (χ1) is 17.7. The molecule has 0 saturated carbocycles. The van der Waals surface area contributed by atoms with Gasteiger partial charge < -0.3 is 0 Å². The van der Waals surface area contributed by atoms with Crippen molar-refractivity contribution < 1.29 is 20.4 Å². The maximum absolute atomic E-state index is 5.22. The summed E-state index contributed by atoms with van der Waals surface area (Å²) < 4.78 is 0. The van der Waals surface area contributed by atoms with E-state index in [1.807, 2.05) is 30.3 Å². The van der Waals surface area contributed by atoms with Crippen LogP contribution in [0, 0.1) is 6.58 Å². The first-order valence-electron chi connectivity index (χ1n) is 12.2. The molecule has 5 rings (SSSR count). The van der Waals surface area contributed by atoms with Gasteiger partial charge in [0.05, 0.1) is 50.4 Å². The Labute approximate surface area is 239 Å². The number of hydrogen-bond acceptors (Lipinski definition) is 0. The Morgan fingerprint density at radius 3 is 0.811 bits per heavy atom. The summed E-state index contributed by atoms with van der Waals surface area (Å²) in [6.07, 6.45) is 1.58. The zero-order chi connectivity index (χ0) is 25.4. The summed E-state index contributed by atoms with van der Waals surface area (Å²) in [5, 5.41) is 5.90. The van der Waals surface area contributed by atoms with E-state index >= 15 is 0 Å². The summed E-state index contributed by atoms with van der Waals surface area (Å²) in [6, 6.07) is 52.8. The Morgan fingerprint density at radius 1 is 0.405 bits per heavy atom. The fourth-order valence-corrected chi connectivity index (χ4v) is 7.09. The molecule has 0 nitrogen and oxygen atoms in total. The fraction of sp³-hybridized carbons (Fsp3) is 0.0588. The SMILES string of the molecule is C[PH+](c1ccccc1)c1ccccc1.C[PH+](c1ccccc1)c1ccccc1.[CH-]=Cc1ccccc1.[Pd]. The van der Waals surface area contributed by atoms with Crippen molar-refractivity contribution in [3.05, 3.63) is 164 Å². The number of rotatable bonds is 5. The molecule has 0 aliphatic rings. The summed E-state index contributed by atoms with van der Waals surface area (Å²) in [7, 11) is -1.09. The van der Waals surface area contributed by atoms with Gasteiger partial charge >= 0.3 is 0 Å². The van der Waals surface area contributed by atoms with Crippen LogP contribution in [0.5, 0.6) is 0 Å². The van der Waals surface area contributed by atoms with Crippen molar-refractivity contribution >= 4 is 43.1 Å². The molecule has 0 atom stereocenters. The molecule has 0 aromatic heterocycles. The van der Waals surface area contributed by atoms with E-state index in [0.29, 0.717) is 0 Å². The third-order valence-electron chi connectivity index (χ3n) is 5.82. The van der Waals surface area contributed by atoms with Gasteiger partial charge in [0, 0.05) is 20.4 Å². The van der Waals surface area contributed by atoms with E-state index < -0.39 is 15.8 Å². The smallest absolute Gasteiger partial charge is 0.0964 e. The van der Waals surface area contributed by atoms with Crippen LogP contribution in [-0.2, 0) is 20.4 Å². The first kappa shape index (κ1) is 30.6. The largest absolute Gasteiger partial charge is 0.292 e. The quantitative estimate of drug-likeness (QED) is 0.113. The van der Waals surface area contributed by atoms with Crippen molar-refractivity contribution in [2.75, 3.05) is 13.3 Å². The van der Waals surface area contributed by atoms with E-state index in [1.165, 1.54) is 21.2 Å². The fourth-order valence-electron chi connectivity index (χ4n) is 3.65. The van der Waals surface area contributed by atoms with Crippen molar-refractivity contribution in [2.45, 2.75) is 0 Å². The second-order valence-corrected chi connectivity index (χ2v) is 13.1. The number of benzene rings is 5. The topological polar surface area (TPSA) is 0 Å². The van der Waals surface area contributed by atoms with Crippen LogP contribution < -0.4 is 21.2 Å². The monoisotopic (exact) mass is 611 g/mol. The molecule has 190 valence electrons. The van der Waals surface area contributed by atoms with Gasteiger partial charge in [-0.2, -0.15) is 5.56 Å². The molecule has 5 aromatic rings. The zero-order valence-corrected chi connectivity index (χ0v) is 25.0. The van der Waals surface area contributed by atoms with Gasteiger partial charge in [0.2, 0.25) is 0 Å². The molecule has 0 bridgehead atoms. The summed E-state index contributed by atoms with van der Waals surface area (Å²) in [5.41, 5.74) is 1.06. The maximum atomic E-state index is 5.22. The predicted molar refractivity (Wildman–Crippen MR) is 168 cm³/mol. The molecule has 0 saturated heterocycles. The molecule has 0 spiro atoms. The van der Waals surface area contributed by atoms with Gasteiger partial charge in [0.15, 0.2) is 0 Å². The molecule has 0 amide bonds. The number of hydrogen-bond donors (Lipinski definition) is 0. The summed E-state index contributed by atoms with van der Waals surface area (Å²) >= 11 is 0. The van der Waals surface area contributed by atoms with Gasteiger partial charge in [-0.25, -0.2) is 6.08 Å². The summed E-state index contributed by atoms with van der Waals surface area (Å²) in [4.78, 5) is 0. The predicted octanol–water partition coefficient (Wildman–Crippen LogP) is 7.09. The van der Waals surface area contributed by atoms with E-state index in [9.17, 15) is 0 Å². The second kappa shape index (κ2) is 17.8. The van der Waals surface area contributed by atoms with E-state index in [-0.39, 0.29) is 20.4 Å². The van der Waals surface area contributed by atoms with Crippen LogP contribution in [0.1, 0.15) is 5.56 Å². The normalized spacial score (nSPS) is 9.73. The van der Waals surface area contributed by atoms with Crippen LogP contribution in [0.4, 0.5) is 0 Å². The molecule has 0 aliphatic heterocycles. The van der Waals surface area contributed by atoms with Gasteiger partial charge in [0.25, 0.3) is 0 Å². The summed E-state index contributed by atoms with van der Waals surface area (Å²) in [6.45, 7) is 9.91. The molecule has 0 heterocycles. The summed E-state index contributed by atoms with van der Waals surface area (Å²) in [5.74, 6) is 0. The van der Waals surface area contributed by atoms with Crippen molar-refractivity contribution in [1.29, 1.82) is 0 Å². The van der Waals surface area contributed by atoms with Crippen molar-refractivity contribution in [2.24, 2.45) is 0 Å². The Morgan fingerprint density at radius 2 is 0.622 bits per heavy atom. The average molecular weight is 612 g/mol. The van der Waals surface area contributed by atoms with E-state index in [1.54, 1.807) is 6.08 Å². The molecule has 0 aliphatic carbocycles. The van der Waals surface area contributed by atoms with Crippen LogP contribution >= 0.6 is 15.8 Å². The Hall–Kier alpha value is -2.64. The van der Waals surface area contributed by atoms with Crippen LogP contribution in [0.2, 0.25) is 0 Å². The minimum Gasteiger partial charge on any atom is -0.292 e. The van der Waals surface area contributed by atoms with E-state index in [0.717, 1.165) is 5.56 Å². The molecule has 0 N–H and O–H groups in total. The van der Waals surface area contributed by atoms with Gasteiger partial charge in [0.1, 0.15) is 0 Å². The van der Waals surface area contributed by atoms with Crippen molar-refractivity contribution in [1.82, 2.24) is 0 Å². The molecule has 0 fully saturated rings. The third kappa shape index (κ3) is 10.7. The van der Waals surface area contributed by atoms with Gasteiger partial charge in [-0.05, 0) is 48.5 Å². The maximum Gasteiger partial charge on any atom is 0.0964 e. The minimum absolute atomic E-state index is 0. The van der Waals surface area contributed by atoms with Gasteiger partial charge in [-0.15, -0.1) is 12.1 Å². The molecule has 3 heteroatoms. The molecule has 0 radical (unpaired) electrons. The zero-order valence-electron chi connectivity index (χ0n) is 21.4. The van der Waals surface area contributed by atoms with Crippen LogP contribution in [0.25, 0.3) is 6.08 Å². The average Bonchev–Trinajstić information content (AvgIpc) is 2.99. The third-order valence-corrected chi connectivity index (χ3v) is 10.6. The Bertz CT molecular complexity index is 1090. The van der Waals surface area contributed by atoms with Gasteiger partial charge in [-0.3, -0.25) is 6.58 Å².